The minimum absolute atomic E-state index is 0.709. The van der Waals surface area contributed by atoms with Crippen molar-refractivity contribution in [2.75, 3.05) is 7.11 Å². The first-order valence-electron chi connectivity index (χ1n) is 4.88. The number of rotatable bonds is 3. The lowest BCUT2D eigenvalue weighted by atomic mass is 9.90. The molecule has 2 nitrogen and oxygen atoms in total. The van der Waals surface area contributed by atoms with Gasteiger partial charge in [0.1, 0.15) is 5.75 Å². The fourth-order valence-electron chi connectivity index (χ4n) is 1.56. The van der Waals surface area contributed by atoms with Crippen molar-refractivity contribution < 1.29 is 9.84 Å². The first-order valence-corrected chi connectivity index (χ1v) is 4.88. The van der Waals surface area contributed by atoms with Crippen LogP contribution < -0.4 is 4.74 Å². The van der Waals surface area contributed by atoms with Crippen LogP contribution in [0.5, 0.6) is 5.75 Å². The van der Waals surface area contributed by atoms with E-state index in [9.17, 15) is 5.11 Å². The molecule has 1 N–H and O–H groups in total. The van der Waals surface area contributed by atoms with Crippen LogP contribution in [0.15, 0.2) is 18.2 Å². The van der Waals surface area contributed by atoms with Crippen molar-refractivity contribution in [3.05, 3.63) is 29.3 Å². The van der Waals surface area contributed by atoms with Crippen LogP contribution in [-0.2, 0) is 5.60 Å². The molecular weight excluding hydrogens is 176 g/mol. The molecule has 14 heavy (non-hydrogen) atoms. The van der Waals surface area contributed by atoms with Gasteiger partial charge in [-0.3, -0.25) is 0 Å². The van der Waals surface area contributed by atoms with Gasteiger partial charge in [-0.2, -0.15) is 0 Å². The van der Waals surface area contributed by atoms with Gasteiger partial charge in [-0.15, -0.1) is 0 Å². The van der Waals surface area contributed by atoms with Crippen molar-refractivity contribution in [2.24, 2.45) is 0 Å². The van der Waals surface area contributed by atoms with Crippen molar-refractivity contribution in [1.82, 2.24) is 0 Å². The molecule has 2 heteroatoms. The Morgan fingerprint density at radius 1 is 1.43 bits per heavy atom. The summed E-state index contributed by atoms with van der Waals surface area (Å²) < 4.78 is 5.11. The number of benzene rings is 1. The highest BCUT2D eigenvalue weighted by Gasteiger charge is 2.22. The maximum Gasteiger partial charge on any atom is 0.119 e. The van der Waals surface area contributed by atoms with Crippen LogP contribution in [0.25, 0.3) is 0 Å². The summed E-state index contributed by atoms with van der Waals surface area (Å²) in [5.74, 6) is 0.832. The molecule has 0 saturated carbocycles. The number of ether oxygens (including phenoxy) is 1. The molecule has 0 aliphatic rings. The number of aryl methyl sites for hydroxylation is 1. The van der Waals surface area contributed by atoms with Gasteiger partial charge in [-0.05, 0) is 43.5 Å². The Balaban J connectivity index is 3.12. The van der Waals surface area contributed by atoms with Crippen LogP contribution in [-0.4, -0.2) is 12.2 Å². The molecule has 1 rings (SSSR count). The molecule has 0 aliphatic carbocycles. The molecule has 0 spiro atoms. The van der Waals surface area contributed by atoms with Gasteiger partial charge in [0.05, 0.1) is 12.7 Å². The summed E-state index contributed by atoms with van der Waals surface area (Å²) in [5, 5.41) is 10.1. The molecule has 1 aromatic carbocycles. The fourth-order valence-corrected chi connectivity index (χ4v) is 1.56. The summed E-state index contributed by atoms with van der Waals surface area (Å²) in [5.41, 5.74) is 1.30. The number of aliphatic hydroxyl groups is 1. The van der Waals surface area contributed by atoms with Gasteiger partial charge < -0.3 is 9.84 Å². The topological polar surface area (TPSA) is 29.5 Å². The van der Waals surface area contributed by atoms with Gasteiger partial charge in [0.2, 0.25) is 0 Å². The van der Waals surface area contributed by atoms with Gasteiger partial charge >= 0.3 is 0 Å². The third-order valence-electron chi connectivity index (χ3n) is 2.70. The SMILES string of the molecule is CC[C@@](C)(O)c1ccc(OC)cc1C. The van der Waals surface area contributed by atoms with Gasteiger partial charge in [-0.25, -0.2) is 0 Å². The van der Waals surface area contributed by atoms with Crippen LogP contribution in [0.4, 0.5) is 0 Å². The third kappa shape index (κ3) is 2.07. The van der Waals surface area contributed by atoms with Crippen LogP contribution in [0, 0.1) is 6.92 Å². The van der Waals surface area contributed by atoms with Crippen LogP contribution in [0.1, 0.15) is 31.4 Å². The molecule has 0 saturated heterocycles. The Morgan fingerprint density at radius 2 is 2.07 bits per heavy atom. The lowest BCUT2D eigenvalue weighted by Crippen LogP contribution is -2.20. The number of methoxy groups -OCH3 is 1. The van der Waals surface area contributed by atoms with E-state index in [0.717, 1.165) is 16.9 Å². The monoisotopic (exact) mass is 194 g/mol. The average molecular weight is 194 g/mol. The molecule has 0 heterocycles. The molecule has 1 atom stereocenters. The van der Waals surface area contributed by atoms with Crippen molar-refractivity contribution in [3.8, 4) is 5.75 Å². The largest absolute Gasteiger partial charge is 0.497 e. The molecule has 78 valence electrons. The van der Waals surface area contributed by atoms with Crippen LogP contribution >= 0.6 is 0 Å². The summed E-state index contributed by atoms with van der Waals surface area (Å²) in [6, 6.07) is 5.75. The zero-order chi connectivity index (χ0) is 10.8. The number of hydrogen-bond donors (Lipinski definition) is 1. The summed E-state index contributed by atoms with van der Waals surface area (Å²) in [4.78, 5) is 0. The maximum absolute atomic E-state index is 10.1. The Hall–Kier alpha value is -1.02. The molecule has 0 aliphatic heterocycles. The van der Waals surface area contributed by atoms with E-state index in [4.69, 9.17) is 4.74 Å². The molecule has 0 unspecified atom stereocenters. The average Bonchev–Trinajstić information content (AvgIpc) is 2.17. The normalized spacial score (nSPS) is 14.9. The standard InChI is InChI=1S/C12H18O2/c1-5-12(3,13)11-7-6-10(14-4)8-9(11)2/h6-8,13H,5H2,1-4H3/t12-/m1/s1. The maximum atomic E-state index is 10.1. The molecular formula is C12H18O2. The van der Waals surface area contributed by atoms with Gasteiger partial charge in [0.15, 0.2) is 0 Å². The second-order valence-electron chi connectivity index (χ2n) is 3.81. The van der Waals surface area contributed by atoms with E-state index >= 15 is 0 Å². The van der Waals surface area contributed by atoms with Crippen LogP contribution in [0.2, 0.25) is 0 Å². The quantitative estimate of drug-likeness (QED) is 0.801. The highest BCUT2D eigenvalue weighted by atomic mass is 16.5. The van der Waals surface area contributed by atoms with Crippen molar-refractivity contribution in [3.63, 3.8) is 0 Å². The molecule has 0 fully saturated rings. The van der Waals surface area contributed by atoms with Crippen molar-refractivity contribution in [2.45, 2.75) is 32.8 Å². The molecule has 0 bridgehead atoms. The Bertz CT molecular complexity index is 316. The lowest BCUT2D eigenvalue weighted by molar-refractivity contribution is 0.0524. The zero-order valence-corrected chi connectivity index (χ0v) is 9.29. The second kappa shape index (κ2) is 4.01. The lowest BCUT2D eigenvalue weighted by Gasteiger charge is -2.24. The highest BCUT2D eigenvalue weighted by Crippen LogP contribution is 2.29. The van der Waals surface area contributed by atoms with E-state index in [1.165, 1.54) is 0 Å². The van der Waals surface area contributed by atoms with Crippen LogP contribution in [0.3, 0.4) is 0 Å². The predicted molar refractivity (Wildman–Crippen MR) is 57.6 cm³/mol. The molecule has 0 radical (unpaired) electrons. The first kappa shape index (κ1) is 11.1. The smallest absolute Gasteiger partial charge is 0.119 e. The van der Waals surface area contributed by atoms with E-state index in [2.05, 4.69) is 0 Å². The van der Waals surface area contributed by atoms with Crippen molar-refractivity contribution in [1.29, 1.82) is 0 Å². The van der Waals surface area contributed by atoms with E-state index < -0.39 is 5.60 Å². The summed E-state index contributed by atoms with van der Waals surface area (Å²) in [6.45, 7) is 5.80. The summed E-state index contributed by atoms with van der Waals surface area (Å²) >= 11 is 0. The van der Waals surface area contributed by atoms with E-state index in [1.54, 1.807) is 7.11 Å². The van der Waals surface area contributed by atoms with Gasteiger partial charge in [0.25, 0.3) is 0 Å². The number of hydrogen-bond acceptors (Lipinski definition) is 2. The third-order valence-corrected chi connectivity index (χ3v) is 2.70. The highest BCUT2D eigenvalue weighted by molar-refractivity contribution is 5.37. The van der Waals surface area contributed by atoms with E-state index in [-0.39, 0.29) is 0 Å². The van der Waals surface area contributed by atoms with Crippen molar-refractivity contribution >= 4 is 0 Å². The summed E-state index contributed by atoms with van der Waals surface area (Å²) in [6.07, 6.45) is 0.709. The van der Waals surface area contributed by atoms with E-state index in [1.807, 2.05) is 39.0 Å². The molecule has 0 amide bonds. The van der Waals surface area contributed by atoms with Gasteiger partial charge in [0, 0.05) is 0 Å². The fraction of sp³-hybridized carbons (Fsp3) is 0.500. The molecule has 0 aromatic heterocycles. The predicted octanol–water partition coefficient (Wildman–Crippen LogP) is 2.62. The second-order valence-corrected chi connectivity index (χ2v) is 3.81. The summed E-state index contributed by atoms with van der Waals surface area (Å²) in [7, 11) is 1.65. The zero-order valence-electron chi connectivity index (χ0n) is 9.29. The first-order chi connectivity index (χ1) is 6.51. The molecule has 1 aromatic rings. The minimum atomic E-state index is -0.740. The Labute approximate surface area is 85.5 Å². The Morgan fingerprint density at radius 3 is 2.50 bits per heavy atom. The van der Waals surface area contributed by atoms with Gasteiger partial charge in [-0.1, -0.05) is 13.0 Å². The Kier molecular flexibility index (Phi) is 3.17. The van der Waals surface area contributed by atoms with E-state index in [0.29, 0.717) is 6.42 Å². The minimum Gasteiger partial charge on any atom is -0.497 e.